The second-order valence-corrected chi connectivity index (χ2v) is 5.47. The van der Waals surface area contributed by atoms with E-state index in [-0.39, 0.29) is 12.1 Å². The minimum Gasteiger partial charge on any atom is -0.481 e. The number of benzene rings is 1. The number of rotatable bonds is 5. The molecule has 0 bridgehead atoms. The highest BCUT2D eigenvalue weighted by atomic mass is 79.9. The predicted octanol–water partition coefficient (Wildman–Crippen LogP) is 2.93. The van der Waals surface area contributed by atoms with Crippen LogP contribution in [0.1, 0.15) is 27.3 Å². The van der Waals surface area contributed by atoms with E-state index >= 15 is 0 Å². The maximum Gasteiger partial charge on any atom is 0.352 e. The van der Waals surface area contributed by atoms with Gasteiger partial charge in [-0.15, -0.1) is 0 Å². The zero-order valence-corrected chi connectivity index (χ0v) is 12.9. The number of hydrogen-bond acceptors (Lipinski definition) is 2. The van der Waals surface area contributed by atoms with E-state index in [1.165, 1.54) is 0 Å². The molecule has 0 unspecified atom stereocenters. The van der Waals surface area contributed by atoms with E-state index < -0.39 is 11.9 Å². The average molecular weight is 352 g/mol. The molecule has 0 aliphatic heterocycles. The lowest BCUT2D eigenvalue weighted by Crippen LogP contribution is -2.14. The molecule has 1 heterocycles. The Hall–Kier alpha value is -2.08. The molecular formula is C15H14BrNO4. The zero-order chi connectivity index (χ0) is 15.6. The molecule has 0 aliphatic carbocycles. The number of carboxylic acids is 2. The van der Waals surface area contributed by atoms with Crippen LogP contribution in [0.4, 0.5) is 0 Å². The van der Waals surface area contributed by atoms with Gasteiger partial charge in [-0.3, -0.25) is 4.79 Å². The van der Waals surface area contributed by atoms with Gasteiger partial charge in [0.1, 0.15) is 5.69 Å². The van der Waals surface area contributed by atoms with Crippen LogP contribution < -0.4 is 0 Å². The van der Waals surface area contributed by atoms with Crippen LogP contribution in [0.3, 0.4) is 0 Å². The SMILES string of the molecule is Cc1c(Br)c(CC(=O)O)c(C(=O)O)n1Cc1ccccc1. The van der Waals surface area contributed by atoms with Gasteiger partial charge < -0.3 is 14.8 Å². The minimum absolute atomic E-state index is 0.0191. The van der Waals surface area contributed by atoms with E-state index in [0.717, 1.165) is 5.56 Å². The molecule has 0 fully saturated rings. The Morgan fingerprint density at radius 3 is 2.33 bits per heavy atom. The normalized spacial score (nSPS) is 10.6. The van der Waals surface area contributed by atoms with Crippen LogP contribution in [-0.4, -0.2) is 26.7 Å². The molecule has 6 heteroatoms. The van der Waals surface area contributed by atoms with E-state index in [1.807, 2.05) is 30.3 Å². The summed E-state index contributed by atoms with van der Waals surface area (Å²) < 4.78 is 2.17. The Morgan fingerprint density at radius 1 is 1.19 bits per heavy atom. The van der Waals surface area contributed by atoms with Gasteiger partial charge in [-0.05, 0) is 28.4 Å². The summed E-state index contributed by atoms with van der Waals surface area (Å²) in [5.41, 5.74) is 1.97. The monoisotopic (exact) mass is 351 g/mol. The number of nitrogens with zero attached hydrogens (tertiary/aromatic N) is 1. The highest BCUT2D eigenvalue weighted by Gasteiger charge is 2.25. The van der Waals surface area contributed by atoms with E-state index in [0.29, 0.717) is 22.3 Å². The quantitative estimate of drug-likeness (QED) is 0.867. The van der Waals surface area contributed by atoms with Crippen molar-refractivity contribution >= 4 is 27.9 Å². The number of hydrogen-bond donors (Lipinski definition) is 2. The first-order valence-electron chi connectivity index (χ1n) is 6.28. The number of aromatic carboxylic acids is 1. The molecule has 0 saturated carbocycles. The summed E-state index contributed by atoms with van der Waals surface area (Å²) in [5, 5.41) is 18.4. The fraction of sp³-hybridized carbons (Fsp3) is 0.200. The highest BCUT2D eigenvalue weighted by Crippen LogP contribution is 2.29. The van der Waals surface area contributed by atoms with E-state index in [9.17, 15) is 14.7 Å². The van der Waals surface area contributed by atoms with Gasteiger partial charge in [0.15, 0.2) is 0 Å². The van der Waals surface area contributed by atoms with E-state index in [4.69, 9.17) is 5.11 Å². The number of aliphatic carboxylic acids is 1. The van der Waals surface area contributed by atoms with Crippen molar-refractivity contribution in [2.24, 2.45) is 0 Å². The number of aromatic nitrogens is 1. The first-order chi connectivity index (χ1) is 9.91. The van der Waals surface area contributed by atoms with Crippen molar-refractivity contribution in [1.82, 2.24) is 4.57 Å². The summed E-state index contributed by atoms with van der Waals surface area (Å²) in [7, 11) is 0. The largest absolute Gasteiger partial charge is 0.481 e. The van der Waals surface area contributed by atoms with Crippen molar-refractivity contribution in [3.63, 3.8) is 0 Å². The summed E-state index contributed by atoms with van der Waals surface area (Å²) in [6, 6.07) is 9.44. The fourth-order valence-corrected chi connectivity index (χ4v) is 2.83. The second-order valence-electron chi connectivity index (χ2n) is 4.67. The summed E-state index contributed by atoms with van der Waals surface area (Å²) >= 11 is 3.31. The topological polar surface area (TPSA) is 79.5 Å². The molecule has 1 aromatic heterocycles. The van der Waals surface area contributed by atoms with Crippen LogP contribution in [0.15, 0.2) is 34.8 Å². The summed E-state index contributed by atoms with van der Waals surface area (Å²) in [5.74, 6) is -2.19. The second kappa shape index (κ2) is 6.13. The average Bonchev–Trinajstić information content (AvgIpc) is 2.65. The number of halogens is 1. The van der Waals surface area contributed by atoms with Gasteiger partial charge in [-0.2, -0.15) is 0 Å². The fourth-order valence-electron chi connectivity index (χ4n) is 2.29. The van der Waals surface area contributed by atoms with Crippen molar-refractivity contribution in [3.05, 3.63) is 57.3 Å². The van der Waals surface area contributed by atoms with Gasteiger partial charge >= 0.3 is 11.9 Å². The van der Waals surface area contributed by atoms with Crippen molar-refractivity contribution in [2.45, 2.75) is 19.9 Å². The predicted molar refractivity (Wildman–Crippen MR) is 80.7 cm³/mol. The van der Waals surface area contributed by atoms with Gasteiger partial charge in [-0.1, -0.05) is 30.3 Å². The third-order valence-corrected chi connectivity index (χ3v) is 4.31. The van der Waals surface area contributed by atoms with Crippen LogP contribution in [0.2, 0.25) is 0 Å². The first-order valence-corrected chi connectivity index (χ1v) is 7.07. The molecule has 2 N–H and O–H groups in total. The Balaban J connectivity index is 2.54. The Labute approximate surface area is 130 Å². The van der Waals surface area contributed by atoms with Crippen molar-refractivity contribution in [1.29, 1.82) is 0 Å². The summed E-state index contributed by atoms with van der Waals surface area (Å²) in [6.45, 7) is 2.15. The van der Waals surface area contributed by atoms with E-state index in [1.54, 1.807) is 11.5 Å². The summed E-state index contributed by atoms with van der Waals surface area (Å²) in [6.07, 6.45) is -0.329. The van der Waals surface area contributed by atoms with Crippen LogP contribution in [0, 0.1) is 6.92 Å². The van der Waals surface area contributed by atoms with Crippen LogP contribution in [0.25, 0.3) is 0 Å². The van der Waals surface area contributed by atoms with Gasteiger partial charge in [0, 0.05) is 22.3 Å². The van der Waals surface area contributed by atoms with Gasteiger partial charge in [0.05, 0.1) is 6.42 Å². The molecule has 0 saturated heterocycles. The zero-order valence-electron chi connectivity index (χ0n) is 11.3. The smallest absolute Gasteiger partial charge is 0.352 e. The third kappa shape index (κ3) is 3.16. The lowest BCUT2D eigenvalue weighted by atomic mass is 10.1. The van der Waals surface area contributed by atoms with Gasteiger partial charge in [0.25, 0.3) is 0 Å². The standard InChI is InChI=1S/C15H14BrNO4/c1-9-13(16)11(7-12(18)19)14(15(20)21)17(9)8-10-5-3-2-4-6-10/h2-6H,7-8H2,1H3,(H,18,19)(H,20,21). The minimum atomic E-state index is -1.13. The highest BCUT2D eigenvalue weighted by molar-refractivity contribution is 9.10. The molecule has 110 valence electrons. The van der Waals surface area contributed by atoms with Gasteiger partial charge in [-0.25, -0.2) is 4.79 Å². The van der Waals surface area contributed by atoms with Gasteiger partial charge in [0.2, 0.25) is 0 Å². The Kier molecular flexibility index (Phi) is 4.47. The molecule has 0 amide bonds. The molecule has 0 atom stereocenters. The molecule has 0 aliphatic rings. The molecule has 0 spiro atoms. The molecular weight excluding hydrogens is 338 g/mol. The van der Waals surface area contributed by atoms with E-state index in [2.05, 4.69) is 15.9 Å². The molecule has 21 heavy (non-hydrogen) atoms. The number of carboxylic acid groups (broad SMARTS) is 2. The van der Waals surface area contributed by atoms with Crippen LogP contribution in [0.5, 0.6) is 0 Å². The maximum absolute atomic E-state index is 11.5. The number of carbonyl (C=O) groups is 2. The molecule has 5 nitrogen and oxygen atoms in total. The lowest BCUT2D eigenvalue weighted by molar-refractivity contribution is -0.136. The Bertz CT molecular complexity index is 691. The molecule has 2 rings (SSSR count). The summed E-state index contributed by atoms with van der Waals surface area (Å²) in [4.78, 5) is 22.5. The van der Waals surface area contributed by atoms with Crippen molar-refractivity contribution in [2.75, 3.05) is 0 Å². The van der Waals surface area contributed by atoms with Crippen molar-refractivity contribution in [3.8, 4) is 0 Å². The lowest BCUT2D eigenvalue weighted by Gasteiger charge is -2.10. The maximum atomic E-state index is 11.5. The molecule has 0 radical (unpaired) electrons. The molecule has 2 aromatic rings. The van der Waals surface area contributed by atoms with Crippen LogP contribution in [-0.2, 0) is 17.8 Å². The Morgan fingerprint density at radius 2 is 1.81 bits per heavy atom. The van der Waals surface area contributed by atoms with Crippen molar-refractivity contribution < 1.29 is 19.8 Å². The first kappa shape index (κ1) is 15.3. The van der Waals surface area contributed by atoms with Crippen LogP contribution >= 0.6 is 15.9 Å². The molecule has 1 aromatic carbocycles. The third-order valence-electron chi connectivity index (χ3n) is 3.26.